The van der Waals surface area contributed by atoms with Crippen LogP contribution in [0.15, 0.2) is 48.2 Å². The largest absolute Gasteiger partial charge is 0.369 e. The van der Waals surface area contributed by atoms with Crippen molar-refractivity contribution in [3.8, 4) is 0 Å². The van der Waals surface area contributed by atoms with E-state index in [1.807, 2.05) is 0 Å². The van der Waals surface area contributed by atoms with Gasteiger partial charge in [0.2, 0.25) is 11.8 Å². The van der Waals surface area contributed by atoms with Gasteiger partial charge in [0.25, 0.3) is 5.91 Å². The topological polar surface area (TPSA) is 87.7 Å². The standard InChI is InChI=1S/C29H28Cl5F2N3O4/c1-4-43-13(2)26(40)38-25-20(35)9-10-21(24(25)36)39(3)28(42)16-12-15(6-8-17(16)30)37-27(41)23-22(29(23,33)34)14-5-7-18(31)19(32)11-14/h5-8,10-13,20,22-25H,4,9H2,1-3H3,(H,37,41)(H,38,40)/t13-,20+,22+,23-,24?,25?/m1/s1. The third kappa shape index (κ3) is 7.08. The first-order valence-electron chi connectivity index (χ1n) is 13.3. The summed E-state index contributed by atoms with van der Waals surface area (Å²) >= 11 is 31.3. The van der Waals surface area contributed by atoms with Crippen LogP contribution in [0.1, 0.15) is 42.1 Å². The van der Waals surface area contributed by atoms with Crippen molar-refractivity contribution in [3.63, 3.8) is 0 Å². The molecule has 2 aromatic rings. The number of carbonyl (C=O) groups excluding carboxylic acids is 3. The van der Waals surface area contributed by atoms with Crippen LogP contribution in [-0.2, 0) is 14.3 Å². The molecule has 43 heavy (non-hydrogen) atoms. The summed E-state index contributed by atoms with van der Waals surface area (Å²) in [5, 5.41) is 5.71. The number of alkyl halides is 4. The number of carbonyl (C=O) groups is 3. The van der Waals surface area contributed by atoms with E-state index < -0.39 is 58.4 Å². The number of ether oxygens (including phenoxy) is 1. The zero-order valence-electron chi connectivity index (χ0n) is 23.1. The Bertz CT molecular complexity index is 1460. The maximum Gasteiger partial charge on any atom is 0.259 e. The molecule has 2 aliphatic carbocycles. The highest BCUT2D eigenvalue weighted by molar-refractivity contribution is 6.53. The van der Waals surface area contributed by atoms with E-state index in [0.717, 1.165) is 4.90 Å². The van der Waals surface area contributed by atoms with Crippen LogP contribution in [0.4, 0.5) is 14.5 Å². The average molecular weight is 698 g/mol. The maximum atomic E-state index is 15.6. The number of benzene rings is 2. The van der Waals surface area contributed by atoms with Gasteiger partial charge in [0.05, 0.1) is 38.3 Å². The predicted octanol–water partition coefficient (Wildman–Crippen LogP) is 7.12. The minimum absolute atomic E-state index is 0.0320. The van der Waals surface area contributed by atoms with Crippen LogP contribution < -0.4 is 10.6 Å². The third-order valence-corrected chi connectivity index (χ3v) is 9.44. The molecule has 2 aromatic carbocycles. The molecule has 7 nitrogen and oxygen atoms in total. The number of hydrogen-bond donors (Lipinski definition) is 2. The molecule has 0 heterocycles. The van der Waals surface area contributed by atoms with E-state index in [0.29, 0.717) is 15.6 Å². The smallest absolute Gasteiger partial charge is 0.259 e. The number of rotatable bonds is 9. The number of hydrogen-bond acceptors (Lipinski definition) is 4. The molecular formula is C29H28Cl5F2N3O4. The number of allylic oxidation sites excluding steroid dienone is 1. The number of halogens is 7. The molecular weight excluding hydrogens is 670 g/mol. The first kappa shape index (κ1) is 33.7. The van der Waals surface area contributed by atoms with Crippen LogP contribution in [0.5, 0.6) is 0 Å². The Balaban J connectivity index is 1.48. The molecule has 0 radical (unpaired) electrons. The van der Waals surface area contributed by atoms with Crippen LogP contribution in [-0.4, -0.2) is 65.1 Å². The van der Waals surface area contributed by atoms with Crippen LogP contribution >= 0.6 is 58.0 Å². The van der Waals surface area contributed by atoms with Gasteiger partial charge in [-0.3, -0.25) is 14.4 Å². The molecule has 6 atom stereocenters. The van der Waals surface area contributed by atoms with Crippen molar-refractivity contribution < 1.29 is 27.9 Å². The van der Waals surface area contributed by atoms with Crippen LogP contribution in [0.2, 0.25) is 15.1 Å². The second-order valence-electron chi connectivity index (χ2n) is 10.3. The van der Waals surface area contributed by atoms with Gasteiger partial charge in [-0.1, -0.05) is 46.9 Å². The average Bonchev–Trinajstić information content (AvgIpc) is 3.54. The zero-order valence-corrected chi connectivity index (χ0v) is 26.9. The summed E-state index contributed by atoms with van der Waals surface area (Å²) in [4.78, 5) is 40.0. The molecule has 2 aliphatic rings. The first-order chi connectivity index (χ1) is 20.2. The second-order valence-corrected chi connectivity index (χ2v) is 12.9. The molecule has 2 unspecified atom stereocenters. The van der Waals surface area contributed by atoms with Gasteiger partial charge in [0.15, 0.2) is 6.17 Å². The Morgan fingerprint density at radius 3 is 2.40 bits per heavy atom. The number of anilines is 1. The fourth-order valence-electron chi connectivity index (χ4n) is 5.01. The monoisotopic (exact) mass is 695 g/mol. The van der Waals surface area contributed by atoms with Gasteiger partial charge in [0.1, 0.15) is 16.6 Å². The summed E-state index contributed by atoms with van der Waals surface area (Å²) in [6.07, 6.45) is -3.63. The Morgan fingerprint density at radius 2 is 1.74 bits per heavy atom. The van der Waals surface area contributed by atoms with Crippen LogP contribution in [0.3, 0.4) is 0 Å². The summed E-state index contributed by atoms with van der Waals surface area (Å²) in [5.41, 5.74) is 0.647. The molecule has 3 amide bonds. The van der Waals surface area contributed by atoms with Gasteiger partial charge in [-0.2, -0.15) is 0 Å². The van der Waals surface area contributed by atoms with Crippen molar-refractivity contribution in [2.75, 3.05) is 19.0 Å². The summed E-state index contributed by atoms with van der Waals surface area (Å²) in [7, 11) is 1.31. The van der Waals surface area contributed by atoms with Gasteiger partial charge < -0.3 is 20.3 Å². The Labute approximate surface area is 272 Å². The lowest BCUT2D eigenvalue weighted by Crippen LogP contribution is -2.54. The van der Waals surface area contributed by atoms with Crippen LogP contribution in [0.25, 0.3) is 0 Å². The fraction of sp³-hybridized carbons (Fsp3) is 0.414. The number of nitrogens with one attached hydrogen (secondary N) is 2. The third-order valence-electron chi connectivity index (χ3n) is 7.43. The molecule has 1 saturated carbocycles. The molecule has 14 heteroatoms. The molecule has 2 N–H and O–H groups in total. The van der Waals surface area contributed by atoms with Crippen molar-refractivity contribution in [2.45, 2.75) is 55.0 Å². The summed E-state index contributed by atoms with van der Waals surface area (Å²) in [6.45, 7) is 3.41. The summed E-state index contributed by atoms with van der Waals surface area (Å²) in [5.74, 6) is -3.30. The zero-order chi connectivity index (χ0) is 31.8. The molecule has 0 saturated heterocycles. The van der Waals surface area contributed by atoms with E-state index in [9.17, 15) is 18.8 Å². The first-order valence-corrected chi connectivity index (χ1v) is 15.2. The molecule has 232 valence electrons. The van der Waals surface area contributed by atoms with Gasteiger partial charge in [0, 0.05) is 31.7 Å². The second kappa shape index (κ2) is 13.5. The van der Waals surface area contributed by atoms with E-state index in [1.54, 1.807) is 25.1 Å². The Kier molecular flexibility index (Phi) is 10.6. The summed E-state index contributed by atoms with van der Waals surface area (Å²) in [6, 6.07) is 7.53. The van der Waals surface area contributed by atoms with Crippen molar-refractivity contribution >= 4 is 81.4 Å². The number of amides is 3. The molecule has 4 rings (SSSR count). The fourth-order valence-corrected chi connectivity index (χ4v) is 6.34. The van der Waals surface area contributed by atoms with Gasteiger partial charge in [-0.05, 0) is 49.7 Å². The molecule has 0 bridgehead atoms. The van der Waals surface area contributed by atoms with E-state index in [4.69, 9.17) is 62.7 Å². The van der Waals surface area contributed by atoms with Gasteiger partial charge >= 0.3 is 0 Å². The molecule has 0 spiro atoms. The highest BCUT2D eigenvalue weighted by atomic mass is 35.5. The predicted molar refractivity (Wildman–Crippen MR) is 165 cm³/mol. The van der Waals surface area contributed by atoms with Crippen molar-refractivity contribution in [2.24, 2.45) is 5.92 Å². The van der Waals surface area contributed by atoms with Crippen molar-refractivity contribution in [1.29, 1.82) is 0 Å². The van der Waals surface area contributed by atoms with Crippen molar-refractivity contribution in [3.05, 3.63) is 74.4 Å². The van der Waals surface area contributed by atoms with E-state index in [-0.39, 0.29) is 35.0 Å². The van der Waals surface area contributed by atoms with E-state index in [2.05, 4.69) is 10.6 Å². The quantitative estimate of drug-likeness (QED) is 0.274. The van der Waals surface area contributed by atoms with E-state index in [1.165, 1.54) is 38.2 Å². The molecule has 0 aromatic heterocycles. The Hall–Kier alpha value is -2.14. The van der Waals surface area contributed by atoms with Gasteiger partial charge in [-0.15, -0.1) is 23.2 Å². The van der Waals surface area contributed by atoms with Gasteiger partial charge in [-0.25, -0.2) is 8.78 Å². The Morgan fingerprint density at radius 1 is 1.07 bits per heavy atom. The lowest BCUT2D eigenvalue weighted by atomic mass is 9.93. The van der Waals surface area contributed by atoms with Crippen molar-refractivity contribution in [1.82, 2.24) is 10.2 Å². The highest BCUT2D eigenvalue weighted by Crippen LogP contribution is 2.65. The maximum absolute atomic E-state index is 15.6. The molecule has 0 aliphatic heterocycles. The summed E-state index contributed by atoms with van der Waals surface area (Å²) < 4.78 is 34.0. The SMILES string of the molecule is CCO[C@H](C)C(=O)NC1C(F)C(N(C)C(=O)c2cc(NC(=O)[C@H]3[C@H](c4ccc(Cl)c(Cl)c4)C3(Cl)Cl)ccc2Cl)=CC[C@@H]1F. The minimum Gasteiger partial charge on any atom is -0.369 e. The highest BCUT2D eigenvalue weighted by Gasteiger charge is 2.67. The lowest BCUT2D eigenvalue weighted by Gasteiger charge is -2.34. The minimum atomic E-state index is -2.04. The normalized spacial score (nSPS) is 24.9. The molecule has 1 fully saturated rings. The van der Waals surface area contributed by atoms with E-state index >= 15 is 4.39 Å². The van der Waals surface area contributed by atoms with Crippen LogP contribution in [0, 0.1) is 5.92 Å². The number of nitrogens with zero attached hydrogens (tertiary/aromatic N) is 1. The lowest BCUT2D eigenvalue weighted by molar-refractivity contribution is -0.133.